The number of benzene rings is 3. The van der Waals surface area contributed by atoms with E-state index in [0.717, 1.165) is 62.0 Å². The maximum atomic E-state index is 5.47. The summed E-state index contributed by atoms with van der Waals surface area (Å²) < 4.78 is 0. The van der Waals surface area contributed by atoms with E-state index in [1.807, 2.05) is 0 Å². The lowest BCUT2D eigenvalue weighted by Crippen LogP contribution is -2.54. The summed E-state index contributed by atoms with van der Waals surface area (Å²) >= 11 is 0. The molecule has 3 aromatic carbocycles. The molecule has 0 radical (unpaired) electrons. The number of hydrogen-bond acceptors (Lipinski definition) is 4. The van der Waals surface area contributed by atoms with Gasteiger partial charge in [0, 0.05) is 23.1 Å². The van der Waals surface area contributed by atoms with E-state index in [4.69, 9.17) is 9.98 Å². The van der Waals surface area contributed by atoms with Gasteiger partial charge in [-0.25, -0.2) is 4.99 Å². The largest absolute Gasteiger partial charge is 0.354 e. The van der Waals surface area contributed by atoms with Gasteiger partial charge in [-0.3, -0.25) is 10.3 Å². The minimum absolute atomic E-state index is 0.121. The second-order valence-corrected chi connectivity index (χ2v) is 17.3. The highest BCUT2D eigenvalue weighted by molar-refractivity contribution is 6.02. The zero-order valence-electron chi connectivity index (χ0n) is 35.0. The molecule has 3 aromatic rings. The first-order chi connectivity index (χ1) is 29.1. The monoisotopic (exact) mass is 776 g/mol. The highest BCUT2D eigenvalue weighted by Crippen LogP contribution is 2.38. The molecule has 4 aliphatic carbocycles. The third-order valence-corrected chi connectivity index (χ3v) is 13.4. The predicted octanol–water partition coefficient (Wildman–Crippen LogP) is 13.3. The van der Waals surface area contributed by atoms with Crippen LogP contribution in [0.1, 0.15) is 130 Å². The van der Waals surface area contributed by atoms with Crippen molar-refractivity contribution in [2.45, 2.75) is 109 Å². The van der Waals surface area contributed by atoms with Crippen molar-refractivity contribution in [3.63, 3.8) is 0 Å². The van der Waals surface area contributed by atoms with Gasteiger partial charge in [-0.05, 0) is 128 Å². The molecule has 0 bridgehead atoms. The molecule has 6 unspecified atom stereocenters. The highest BCUT2D eigenvalue weighted by atomic mass is 15.3. The third kappa shape index (κ3) is 9.14. The summed E-state index contributed by atoms with van der Waals surface area (Å²) in [5, 5.41) is 7.65. The van der Waals surface area contributed by atoms with Crippen LogP contribution >= 0.6 is 0 Å². The van der Waals surface area contributed by atoms with Crippen molar-refractivity contribution < 1.29 is 0 Å². The first-order valence-electron chi connectivity index (χ1n) is 22.6. The molecule has 300 valence electrons. The maximum Gasteiger partial charge on any atom is 0.131 e. The SMILES string of the molecule is CCC1=CC=C(C2=NC(C3=CCC(CC)C=C3)=CCC(c3cccc(C4C=C(c5cccc(C6N=C(c7ccccc7)NC(C7C=CCCC7)N6)c5)C=CC4)c3)C2)CC1. The Morgan fingerprint density at radius 3 is 2.41 bits per heavy atom. The number of amidine groups is 1. The van der Waals surface area contributed by atoms with Crippen molar-refractivity contribution in [2.24, 2.45) is 21.8 Å². The van der Waals surface area contributed by atoms with Crippen molar-refractivity contribution in [3.8, 4) is 0 Å². The van der Waals surface area contributed by atoms with Gasteiger partial charge in [0.05, 0.1) is 11.9 Å². The molecule has 0 spiro atoms. The highest BCUT2D eigenvalue weighted by Gasteiger charge is 2.30. The fourth-order valence-electron chi connectivity index (χ4n) is 9.69. The standard InChI is InChI=1S/C55H60N4/c1-3-38-24-28-40(29-25-38)51-33-32-49(37-52(56-51)41-30-26-39(4-2)27-31-41)47-21-12-19-45(35-47)44-18-11-20-46(34-44)48-22-13-23-50(36-48)55-58-53(42-14-7-5-8-15-42)57-54(59-55)43-16-9-6-10-17-43/h5,7-9,11-16,19-24,26,28-30,33-36,38,43-44,49,54-55,59H,3-4,6,10,17-18,25,27,31-32,37H2,1-2H3,(H,57,58). The lowest BCUT2D eigenvalue weighted by Gasteiger charge is -2.36. The average Bonchev–Trinajstić information content (AvgIpc) is 3.56. The Balaban J connectivity index is 0.974. The van der Waals surface area contributed by atoms with Crippen LogP contribution in [0.5, 0.6) is 0 Å². The minimum Gasteiger partial charge on any atom is -0.354 e. The minimum atomic E-state index is -0.136. The molecule has 0 aromatic heterocycles. The normalized spacial score (nSPS) is 26.9. The quantitative estimate of drug-likeness (QED) is 0.202. The molecule has 0 amide bonds. The van der Waals surface area contributed by atoms with E-state index >= 15 is 0 Å². The molecule has 6 atom stereocenters. The molecule has 9 rings (SSSR count). The third-order valence-electron chi connectivity index (χ3n) is 13.4. The average molecular weight is 777 g/mol. The van der Waals surface area contributed by atoms with Gasteiger partial charge in [-0.1, -0.05) is 159 Å². The molecule has 2 aliphatic heterocycles. The Bertz CT molecular complexity index is 2320. The van der Waals surface area contributed by atoms with Crippen LogP contribution in [0.4, 0.5) is 0 Å². The molecule has 4 nitrogen and oxygen atoms in total. The van der Waals surface area contributed by atoms with E-state index in [1.165, 1.54) is 70.4 Å². The number of nitrogens with zero attached hydrogens (tertiary/aromatic N) is 2. The summed E-state index contributed by atoms with van der Waals surface area (Å²) in [5.74, 6) is 2.72. The topological polar surface area (TPSA) is 48.8 Å². The number of allylic oxidation sites excluding steroid dienone is 13. The molecule has 0 fully saturated rings. The van der Waals surface area contributed by atoms with Crippen LogP contribution in [0.2, 0.25) is 0 Å². The van der Waals surface area contributed by atoms with Crippen molar-refractivity contribution in [1.82, 2.24) is 10.6 Å². The van der Waals surface area contributed by atoms with Gasteiger partial charge in [0.25, 0.3) is 0 Å². The van der Waals surface area contributed by atoms with Crippen LogP contribution in [0.25, 0.3) is 5.57 Å². The van der Waals surface area contributed by atoms with E-state index in [2.05, 4.69) is 170 Å². The predicted molar refractivity (Wildman–Crippen MR) is 248 cm³/mol. The van der Waals surface area contributed by atoms with Gasteiger partial charge in [-0.15, -0.1) is 0 Å². The van der Waals surface area contributed by atoms with Crippen molar-refractivity contribution >= 4 is 17.1 Å². The zero-order chi connectivity index (χ0) is 40.0. The second kappa shape index (κ2) is 18.3. The van der Waals surface area contributed by atoms with Crippen LogP contribution in [-0.2, 0) is 0 Å². The summed E-state index contributed by atoms with van der Waals surface area (Å²) in [6.45, 7) is 4.56. The molecule has 4 heteroatoms. The van der Waals surface area contributed by atoms with Gasteiger partial charge in [-0.2, -0.15) is 0 Å². The van der Waals surface area contributed by atoms with Gasteiger partial charge in [0.1, 0.15) is 12.0 Å². The van der Waals surface area contributed by atoms with Gasteiger partial charge in [0.2, 0.25) is 0 Å². The van der Waals surface area contributed by atoms with Gasteiger partial charge < -0.3 is 5.32 Å². The number of hydrogen-bond donors (Lipinski definition) is 2. The Morgan fingerprint density at radius 1 is 0.746 bits per heavy atom. The number of rotatable bonds is 10. The Hall–Kier alpha value is -5.32. The summed E-state index contributed by atoms with van der Waals surface area (Å²) in [4.78, 5) is 10.7. The molecule has 0 saturated heterocycles. The van der Waals surface area contributed by atoms with Crippen LogP contribution < -0.4 is 10.6 Å². The maximum absolute atomic E-state index is 5.47. The first kappa shape index (κ1) is 39.2. The van der Waals surface area contributed by atoms with Crippen LogP contribution in [0.3, 0.4) is 0 Å². The molecular formula is C55H60N4. The smallest absolute Gasteiger partial charge is 0.131 e. The Labute approximate surface area is 352 Å². The van der Waals surface area contributed by atoms with Gasteiger partial charge in [0.15, 0.2) is 0 Å². The number of aliphatic imine (C=N–C) groups is 2. The molecule has 2 heterocycles. The zero-order valence-corrected chi connectivity index (χ0v) is 35.0. The van der Waals surface area contributed by atoms with E-state index < -0.39 is 0 Å². The lowest BCUT2D eigenvalue weighted by atomic mass is 9.82. The van der Waals surface area contributed by atoms with Crippen molar-refractivity contribution in [3.05, 3.63) is 196 Å². The molecule has 2 N–H and O–H groups in total. The lowest BCUT2D eigenvalue weighted by molar-refractivity contribution is 0.308. The van der Waals surface area contributed by atoms with Crippen LogP contribution in [-0.4, -0.2) is 17.7 Å². The van der Waals surface area contributed by atoms with Crippen LogP contribution in [0.15, 0.2) is 178 Å². The fraction of sp³-hybridized carbons (Fsp3) is 0.345. The van der Waals surface area contributed by atoms with Gasteiger partial charge >= 0.3 is 0 Å². The summed E-state index contributed by atoms with van der Waals surface area (Å²) in [6.07, 6.45) is 38.4. The molecule has 6 aliphatic rings. The summed E-state index contributed by atoms with van der Waals surface area (Å²) in [5.41, 5.74) is 14.3. The molecular weight excluding hydrogens is 717 g/mol. The van der Waals surface area contributed by atoms with E-state index in [9.17, 15) is 0 Å². The van der Waals surface area contributed by atoms with Crippen molar-refractivity contribution in [1.29, 1.82) is 0 Å². The Morgan fingerprint density at radius 2 is 1.61 bits per heavy atom. The summed E-state index contributed by atoms with van der Waals surface area (Å²) in [6, 6.07) is 29.1. The Kier molecular flexibility index (Phi) is 12.1. The second-order valence-electron chi connectivity index (χ2n) is 17.3. The summed E-state index contributed by atoms with van der Waals surface area (Å²) in [7, 11) is 0. The van der Waals surface area contributed by atoms with Crippen molar-refractivity contribution in [2.75, 3.05) is 0 Å². The van der Waals surface area contributed by atoms with E-state index in [0.29, 0.717) is 23.7 Å². The first-order valence-corrected chi connectivity index (χ1v) is 22.6. The molecule has 59 heavy (non-hydrogen) atoms. The molecule has 0 saturated carbocycles. The van der Waals surface area contributed by atoms with E-state index in [1.54, 1.807) is 5.57 Å². The number of nitrogens with one attached hydrogen (secondary N) is 2. The fourth-order valence-corrected chi connectivity index (χ4v) is 9.69. The van der Waals surface area contributed by atoms with Crippen LogP contribution in [0, 0.1) is 11.8 Å². The van der Waals surface area contributed by atoms with E-state index in [-0.39, 0.29) is 12.3 Å².